The van der Waals surface area contributed by atoms with Crippen LogP contribution in [0.3, 0.4) is 0 Å². The van der Waals surface area contributed by atoms with Crippen molar-refractivity contribution in [3.05, 3.63) is 77.1 Å². The Morgan fingerprint density at radius 3 is 2.61 bits per heavy atom. The molecular formula is C22H16F2N4O3. The summed E-state index contributed by atoms with van der Waals surface area (Å²) < 4.78 is 34.2. The van der Waals surface area contributed by atoms with Gasteiger partial charge in [-0.05, 0) is 30.2 Å². The maximum absolute atomic E-state index is 15.3. The van der Waals surface area contributed by atoms with E-state index >= 15 is 4.39 Å². The molecule has 0 aliphatic carbocycles. The molecule has 31 heavy (non-hydrogen) atoms. The van der Waals surface area contributed by atoms with Gasteiger partial charge in [-0.25, -0.2) is 9.37 Å². The highest BCUT2D eigenvalue weighted by Crippen LogP contribution is 2.44. The van der Waals surface area contributed by atoms with Crippen molar-refractivity contribution in [2.75, 3.05) is 16.8 Å². The van der Waals surface area contributed by atoms with Crippen LogP contribution in [0, 0.1) is 11.8 Å². The monoisotopic (exact) mass is 422 g/mol. The first-order valence-electron chi connectivity index (χ1n) is 9.55. The molecule has 2 amide bonds. The standard InChI is InChI=1S/C22H16F2N4O3/c1-11-21(29)27(2)16-9-15(23)19(26-20(16)31-11)28-18(12-7-8-17(24)25-10-12)13-5-3-4-6-14(13)22(28)30/h3-11,18H,1-2H3/t11-,18?/m1/s1. The lowest BCUT2D eigenvalue weighted by molar-refractivity contribution is -0.125. The maximum Gasteiger partial charge on any atom is 0.267 e. The van der Waals surface area contributed by atoms with Crippen LogP contribution < -0.4 is 14.5 Å². The molecule has 0 spiro atoms. The number of fused-ring (bicyclic) bond motifs is 2. The molecule has 2 aromatic heterocycles. The Bertz CT molecular complexity index is 1230. The molecule has 3 aromatic rings. The fourth-order valence-corrected chi connectivity index (χ4v) is 3.97. The number of rotatable bonds is 2. The zero-order valence-electron chi connectivity index (χ0n) is 16.5. The zero-order chi connectivity index (χ0) is 21.9. The Labute approximate surface area is 175 Å². The quantitative estimate of drug-likeness (QED) is 0.593. The molecule has 7 nitrogen and oxygen atoms in total. The summed E-state index contributed by atoms with van der Waals surface area (Å²) in [4.78, 5) is 35.9. The molecule has 2 atom stereocenters. The van der Waals surface area contributed by atoms with Crippen LogP contribution in [-0.4, -0.2) is 34.9 Å². The minimum absolute atomic E-state index is 0.0470. The molecule has 0 saturated heterocycles. The number of aromatic nitrogens is 2. The number of benzene rings is 1. The van der Waals surface area contributed by atoms with Gasteiger partial charge in [0.1, 0.15) is 5.69 Å². The van der Waals surface area contributed by atoms with Crippen LogP contribution >= 0.6 is 0 Å². The SMILES string of the molecule is C[C@H]1Oc2nc(N3C(=O)c4ccccc4C3c3ccc(F)nc3)c(F)cc2N(C)C1=O. The molecule has 4 heterocycles. The summed E-state index contributed by atoms with van der Waals surface area (Å²) in [5.74, 6) is -2.44. The predicted molar refractivity (Wildman–Crippen MR) is 107 cm³/mol. The van der Waals surface area contributed by atoms with Crippen molar-refractivity contribution < 1.29 is 23.1 Å². The lowest BCUT2D eigenvalue weighted by Gasteiger charge is -2.31. The topological polar surface area (TPSA) is 75.6 Å². The van der Waals surface area contributed by atoms with Crippen LogP contribution in [0.2, 0.25) is 0 Å². The van der Waals surface area contributed by atoms with Crippen LogP contribution in [0.15, 0.2) is 48.7 Å². The number of ether oxygens (including phenoxy) is 1. The Hall–Kier alpha value is -3.88. The van der Waals surface area contributed by atoms with Crippen LogP contribution in [-0.2, 0) is 4.79 Å². The molecule has 0 N–H and O–H groups in total. The van der Waals surface area contributed by atoms with Crippen molar-refractivity contribution >= 4 is 23.3 Å². The minimum Gasteiger partial charge on any atom is -0.463 e. The predicted octanol–water partition coefficient (Wildman–Crippen LogP) is 3.25. The van der Waals surface area contributed by atoms with E-state index in [9.17, 15) is 14.0 Å². The Morgan fingerprint density at radius 2 is 1.87 bits per heavy atom. The number of hydrogen-bond acceptors (Lipinski definition) is 5. The number of carbonyl (C=O) groups is 2. The molecule has 1 aromatic carbocycles. The minimum atomic E-state index is -0.799. The van der Waals surface area contributed by atoms with Crippen LogP contribution in [0.1, 0.15) is 34.5 Å². The second-order valence-electron chi connectivity index (χ2n) is 7.35. The maximum atomic E-state index is 15.3. The van der Waals surface area contributed by atoms with E-state index in [1.807, 2.05) is 0 Å². The molecular weight excluding hydrogens is 406 g/mol. The summed E-state index contributed by atoms with van der Waals surface area (Å²) in [5, 5.41) is 0. The molecule has 2 aliphatic rings. The third kappa shape index (κ3) is 2.84. The second kappa shape index (κ2) is 6.83. The highest BCUT2D eigenvalue weighted by molar-refractivity contribution is 6.11. The first-order valence-corrected chi connectivity index (χ1v) is 9.55. The van der Waals surface area contributed by atoms with E-state index in [4.69, 9.17) is 4.74 Å². The van der Waals surface area contributed by atoms with Gasteiger partial charge in [-0.3, -0.25) is 14.5 Å². The molecule has 9 heteroatoms. The van der Waals surface area contributed by atoms with Gasteiger partial charge in [-0.1, -0.05) is 24.3 Å². The van der Waals surface area contributed by atoms with Crippen molar-refractivity contribution in [2.24, 2.45) is 0 Å². The van der Waals surface area contributed by atoms with Gasteiger partial charge in [0.2, 0.25) is 11.8 Å². The van der Waals surface area contributed by atoms with Crippen molar-refractivity contribution in [3.63, 3.8) is 0 Å². The first kappa shape index (κ1) is 19.1. The molecule has 0 radical (unpaired) electrons. The Kier molecular flexibility index (Phi) is 4.21. The largest absolute Gasteiger partial charge is 0.463 e. The van der Waals surface area contributed by atoms with Crippen molar-refractivity contribution in [1.82, 2.24) is 9.97 Å². The van der Waals surface area contributed by atoms with E-state index in [1.165, 1.54) is 35.2 Å². The number of likely N-dealkylation sites (N-methyl/N-ethyl adjacent to an activating group) is 1. The van der Waals surface area contributed by atoms with Crippen molar-refractivity contribution in [3.8, 4) is 5.88 Å². The number of carbonyl (C=O) groups excluding carboxylic acids is 2. The molecule has 156 valence electrons. The lowest BCUT2D eigenvalue weighted by atomic mass is 9.99. The van der Waals surface area contributed by atoms with Crippen LogP contribution in [0.5, 0.6) is 5.88 Å². The average Bonchev–Trinajstić information content (AvgIpc) is 3.06. The molecule has 0 saturated carbocycles. The molecule has 2 aliphatic heterocycles. The van der Waals surface area contributed by atoms with Gasteiger partial charge < -0.3 is 9.64 Å². The van der Waals surface area contributed by atoms with E-state index in [0.717, 1.165) is 6.07 Å². The summed E-state index contributed by atoms with van der Waals surface area (Å²) in [6.07, 6.45) is 0.510. The lowest BCUT2D eigenvalue weighted by Crippen LogP contribution is -2.42. The fourth-order valence-electron chi connectivity index (χ4n) is 3.97. The third-order valence-electron chi connectivity index (χ3n) is 5.49. The highest BCUT2D eigenvalue weighted by Gasteiger charge is 2.42. The number of anilines is 2. The number of amides is 2. The summed E-state index contributed by atoms with van der Waals surface area (Å²) in [5.41, 5.74) is 1.69. The number of hydrogen-bond donors (Lipinski definition) is 0. The van der Waals surface area contributed by atoms with E-state index in [-0.39, 0.29) is 23.3 Å². The van der Waals surface area contributed by atoms with Crippen LogP contribution in [0.4, 0.5) is 20.3 Å². The average molecular weight is 422 g/mol. The van der Waals surface area contributed by atoms with E-state index in [1.54, 1.807) is 31.2 Å². The van der Waals surface area contributed by atoms with Crippen LogP contribution in [0.25, 0.3) is 0 Å². The first-order chi connectivity index (χ1) is 14.9. The van der Waals surface area contributed by atoms with Gasteiger partial charge in [0, 0.05) is 24.9 Å². The van der Waals surface area contributed by atoms with Gasteiger partial charge in [-0.15, -0.1) is 0 Å². The smallest absolute Gasteiger partial charge is 0.267 e. The molecule has 1 unspecified atom stereocenters. The van der Waals surface area contributed by atoms with Gasteiger partial charge in [0.05, 0.1) is 6.04 Å². The fraction of sp³-hybridized carbons (Fsp3) is 0.182. The van der Waals surface area contributed by atoms with Gasteiger partial charge in [0.25, 0.3) is 11.8 Å². The summed E-state index contributed by atoms with van der Waals surface area (Å²) in [7, 11) is 1.50. The Morgan fingerprint density at radius 1 is 1.10 bits per heavy atom. The van der Waals surface area contributed by atoms with Gasteiger partial charge in [0.15, 0.2) is 17.7 Å². The molecule has 5 rings (SSSR count). The summed E-state index contributed by atoms with van der Waals surface area (Å²) >= 11 is 0. The third-order valence-corrected chi connectivity index (χ3v) is 5.49. The number of pyridine rings is 2. The van der Waals surface area contributed by atoms with E-state index in [0.29, 0.717) is 16.7 Å². The second-order valence-corrected chi connectivity index (χ2v) is 7.35. The normalized spacial score (nSPS) is 19.9. The van der Waals surface area contributed by atoms with Crippen molar-refractivity contribution in [1.29, 1.82) is 0 Å². The number of nitrogens with zero attached hydrogens (tertiary/aromatic N) is 4. The summed E-state index contributed by atoms with van der Waals surface area (Å²) in [6, 6.07) is 9.92. The van der Waals surface area contributed by atoms with E-state index < -0.39 is 29.8 Å². The van der Waals surface area contributed by atoms with Gasteiger partial charge in [-0.2, -0.15) is 9.37 Å². The summed E-state index contributed by atoms with van der Waals surface area (Å²) in [6.45, 7) is 1.57. The molecule has 0 bridgehead atoms. The van der Waals surface area contributed by atoms with Crippen molar-refractivity contribution in [2.45, 2.75) is 19.1 Å². The zero-order valence-corrected chi connectivity index (χ0v) is 16.5. The Balaban J connectivity index is 1.68. The highest BCUT2D eigenvalue weighted by atomic mass is 19.1. The van der Waals surface area contributed by atoms with E-state index in [2.05, 4.69) is 9.97 Å². The number of halogens is 2. The molecule has 0 fully saturated rings. The van der Waals surface area contributed by atoms with Gasteiger partial charge >= 0.3 is 0 Å².